The van der Waals surface area contributed by atoms with Crippen LogP contribution in [0, 0.1) is 0 Å². The Balaban J connectivity index is 1.55. The molecule has 0 saturated heterocycles. The molecule has 122 valence electrons. The van der Waals surface area contributed by atoms with E-state index >= 15 is 0 Å². The number of hydrogen-bond donors (Lipinski definition) is 1. The van der Waals surface area contributed by atoms with Crippen LogP contribution >= 0.6 is 23.4 Å². The number of halogens is 1. The Hall–Kier alpha value is -1.81. The van der Waals surface area contributed by atoms with Gasteiger partial charge in [0.2, 0.25) is 0 Å². The van der Waals surface area contributed by atoms with Crippen molar-refractivity contribution >= 4 is 23.4 Å². The van der Waals surface area contributed by atoms with Gasteiger partial charge in [-0.3, -0.25) is 0 Å². The van der Waals surface area contributed by atoms with Gasteiger partial charge in [-0.1, -0.05) is 59.8 Å². The fourth-order valence-electron chi connectivity index (χ4n) is 2.33. The average Bonchev–Trinajstić information content (AvgIpc) is 2.63. The molecule has 0 spiro atoms. The minimum Gasteiger partial charge on any atom is -0.306 e. The number of nitrogens with one attached hydrogen (secondary N) is 1. The molecule has 0 amide bonds. The maximum absolute atomic E-state index is 5.91. The molecule has 2 nitrogen and oxygen atoms in total. The summed E-state index contributed by atoms with van der Waals surface area (Å²) in [6.07, 6.45) is 1.93. The van der Waals surface area contributed by atoms with Crippen molar-refractivity contribution in [3.8, 4) is 0 Å². The van der Waals surface area contributed by atoms with Crippen LogP contribution in [0.5, 0.6) is 0 Å². The van der Waals surface area contributed by atoms with Crippen molar-refractivity contribution in [3.05, 3.63) is 89.1 Å². The lowest BCUT2D eigenvalue weighted by atomic mass is 10.1. The van der Waals surface area contributed by atoms with Crippen molar-refractivity contribution in [1.29, 1.82) is 0 Å². The van der Waals surface area contributed by atoms with E-state index < -0.39 is 0 Å². The zero-order chi connectivity index (χ0) is 16.8. The van der Waals surface area contributed by atoms with Crippen molar-refractivity contribution in [3.63, 3.8) is 0 Å². The molecule has 4 heteroatoms. The van der Waals surface area contributed by atoms with Gasteiger partial charge < -0.3 is 5.32 Å². The van der Waals surface area contributed by atoms with Crippen LogP contribution in [0.15, 0.2) is 82.8 Å². The molecule has 0 aliphatic carbocycles. The van der Waals surface area contributed by atoms with E-state index in [1.165, 1.54) is 11.1 Å². The Bertz CT molecular complexity index is 758. The summed E-state index contributed by atoms with van der Waals surface area (Å²) in [6, 6.07) is 22.8. The van der Waals surface area contributed by atoms with Crippen molar-refractivity contribution in [2.24, 2.45) is 0 Å². The van der Waals surface area contributed by atoms with Crippen LogP contribution in [0.2, 0.25) is 5.02 Å². The Morgan fingerprint density at radius 1 is 1.00 bits per heavy atom. The van der Waals surface area contributed by atoms with E-state index in [0.717, 1.165) is 21.5 Å². The number of rotatable bonds is 6. The van der Waals surface area contributed by atoms with Crippen molar-refractivity contribution in [1.82, 2.24) is 10.3 Å². The molecule has 1 heterocycles. The quantitative estimate of drug-likeness (QED) is 0.611. The molecule has 3 aromatic rings. The molecular formula is C20H19ClN2S. The topological polar surface area (TPSA) is 24.9 Å². The van der Waals surface area contributed by atoms with Gasteiger partial charge in [-0.15, -0.1) is 0 Å². The first-order valence-electron chi connectivity index (χ1n) is 7.87. The fraction of sp³-hybridized carbons (Fsp3) is 0.150. The van der Waals surface area contributed by atoms with Gasteiger partial charge in [0, 0.05) is 28.7 Å². The largest absolute Gasteiger partial charge is 0.306 e. The molecule has 24 heavy (non-hydrogen) atoms. The summed E-state index contributed by atoms with van der Waals surface area (Å²) in [5.74, 6) is 0. The monoisotopic (exact) mass is 354 g/mol. The third kappa shape index (κ3) is 4.84. The highest BCUT2D eigenvalue weighted by molar-refractivity contribution is 7.99. The van der Waals surface area contributed by atoms with Crippen molar-refractivity contribution in [2.45, 2.75) is 29.4 Å². The Labute approximate surface area is 152 Å². The molecule has 0 radical (unpaired) electrons. The summed E-state index contributed by atoms with van der Waals surface area (Å²) in [5.41, 5.74) is 2.47. The lowest BCUT2D eigenvalue weighted by Gasteiger charge is -2.14. The molecule has 1 atom stereocenters. The summed E-state index contributed by atoms with van der Waals surface area (Å²) in [4.78, 5) is 5.67. The Kier molecular flexibility index (Phi) is 5.91. The minimum absolute atomic E-state index is 0.314. The predicted octanol–water partition coefficient (Wildman–Crippen LogP) is 5.74. The number of pyridine rings is 1. The molecular weight excluding hydrogens is 336 g/mol. The second-order valence-corrected chi connectivity index (χ2v) is 7.10. The summed E-state index contributed by atoms with van der Waals surface area (Å²) in [6.45, 7) is 2.97. The highest BCUT2D eigenvalue weighted by atomic mass is 35.5. The Morgan fingerprint density at radius 2 is 1.75 bits per heavy atom. The van der Waals surface area contributed by atoms with E-state index in [1.54, 1.807) is 11.8 Å². The highest BCUT2D eigenvalue weighted by Gasteiger charge is 2.05. The number of benzene rings is 2. The van der Waals surface area contributed by atoms with Crippen LogP contribution in [0.3, 0.4) is 0 Å². The second-order valence-electron chi connectivity index (χ2n) is 5.57. The van der Waals surface area contributed by atoms with Crippen LogP contribution in [-0.4, -0.2) is 4.98 Å². The molecule has 0 fully saturated rings. The molecule has 0 aliphatic heterocycles. The van der Waals surface area contributed by atoms with Crippen molar-refractivity contribution < 1.29 is 0 Å². The molecule has 3 rings (SSSR count). The van der Waals surface area contributed by atoms with E-state index in [2.05, 4.69) is 53.6 Å². The molecule has 2 aromatic carbocycles. The van der Waals surface area contributed by atoms with Gasteiger partial charge in [-0.25, -0.2) is 4.98 Å². The van der Waals surface area contributed by atoms with Crippen LogP contribution in [0.25, 0.3) is 0 Å². The maximum atomic E-state index is 5.91. The zero-order valence-corrected chi connectivity index (χ0v) is 15.0. The average molecular weight is 355 g/mol. The van der Waals surface area contributed by atoms with Gasteiger partial charge >= 0.3 is 0 Å². The third-order valence-electron chi connectivity index (χ3n) is 3.75. The van der Waals surface area contributed by atoms with Crippen LogP contribution in [0.1, 0.15) is 24.1 Å². The standard InChI is InChI=1S/C20H19ClN2S/c1-15(17-5-3-2-4-6-17)22-13-16-7-12-20(23-14-16)24-19-10-8-18(21)9-11-19/h2-12,14-15,22H,13H2,1H3. The van der Waals surface area contributed by atoms with Crippen LogP contribution < -0.4 is 5.32 Å². The van der Waals surface area contributed by atoms with Gasteiger partial charge in [-0.05, 0) is 48.4 Å². The first-order chi connectivity index (χ1) is 11.7. The van der Waals surface area contributed by atoms with Crippen LogP contribution in [0.4, 0.5) is 0 Å². The van der Waals surface area contributed by atoms with E-state index in [0.29, 0.717) is 6.04 Å². The SMILES string of the molecule is CC(NCc1ccc(Sc2ccc(Cl)cc2)nc1)c1ccccc1. The maximum Gasteiger partial charge on any atom is 0.101 e. The van der Waals surface area contributed by atoms with E-state index in [9.17, 15) is 0 Å². The molecule has 1 N–H and O–H groups in total. The number of nitrogens with zero attached hydrogens (tertiary/aromatic N) is 1. The fourth-order valence-corrected chi connectivity index (χ4v) is 3.21. The summed E-state index contributed by atoms with van der Waals surface area (Å²) >= 11 is 7.54. The normalized spacial score (nSPS) is 12.1. The molecule has 1 aromatic heterocycles. The van der Waals surface area contributed by atoms with E-state index in [1.807, 2.05) is 36.5 Å². The predicted molar refractivity (Wildman–Crippen MR) is 102 cm³/mol. The number of aromatic nitrogens is 1. The van der Waals surface area contributed by atoms with Gasteiger partial charge in [0.1, 0.15) is 5.03 Å². The molecule has 0 aliphatic rings. The first-order valence-corrected chi connectivity index (χ1v) is 9.07. The van der Waals surface area contributed by atoms with Gasteiger partial charge in [0.15, 0.2) is 0 Å². The first kappa shape index (κ1) is 17.0. The number of hydrogen-bond acceptors (Lipinski definition) is 3. The third-order valence-corrected chi connectivity index (χ3v) is 4.96. The molecule has 0 saturated carbocycles. The highest BCUT2D eigenvalue weighted by Crippen LogP contribution is 2.27. The van der Waals surface area contributed by atoms with Gasteiger partial charge in [0.25, 0.3) is 0 Å². The van der Waals surface area contributed by atoms with E-state index in [4.69, 9.17) is 11.6 Å². The molecule has 1 unspecified atom stereocenters. The van der Waals surface area contributed by atoms with Crippen molar-refractivity contribution in [2.75, 3.05) is 0 Å². The minimum atomic E-state index is 0.314. The lowest BCUT2D eigenvalue weighted by Crippen LogP contribution is -2.18. The summed E-state index contributed by atoms with van der Waals surface area (Å²) in [7, 11) is 0. The zero-order valence-electron chi connectivity index (χ0n) is 13.4. The van der Waals surface area contributed by atoms with Gasteiger partial charge in [0.05, 0.1) is 0 Å². The van der Waals surface area contributed by atoms with Crippen LogP contribution in [-0.2, 0) is 6.54 Å². The smallest absolute Gasteiger partial charge is 0.101 e. The van der Waals surface area contributed by atoms with Gasteiger partial charge in [-0.2, -0.15) is 0 Å². The lowest BCUT2D eigenvalue weighted by molar-refractivity contribution is 0.573. The molecule has 0 bridgehead atoms. The second kappa shape index (κ2) is 8.34. The summed E-state index contributed by atoms with van der Waals surface area (Å²) < 4.78 is 0. The van der Waals surface area contributed by atoms with E-state index in [-0.39, 0.29) is 0 Å². The Morgan fingerprint density at radius 3 is 2.42 bits per heavy atom. The summed E-state index contributed by atoms with van der Waals surface area (Å²) in [5, 5.41) is 5.26.